The van der Waals surface area contributed by atoms with E-state index >= 15 is 0 Å². The van der Waals surface area contributed by atoms with E-state index in [0.717, 1.165) is 25.5 Å². The van der Waals surface area contributed by atoms with E-state index in [2.05, 4.69) is 28.3 Å². The Morgan fingerprint density at radius 3 is 2.89 bits per heavy atom. The molecule has 2 aliphatic rings. The van der Waals surface area contributed by atoms with E-state index < -0.39 is 0 Å². The summed E-state index contributed by atoms with van der Waals surface area (Å²) in [6.45, 7) is 3.10. The second kappa shape index (κ2) is 5.97. The molecule has 1 atom stereocenters. The van der Waals surface area contributed by atoms with Gasteiger partial charge in [-0.3, -0.25) is 4.90 Å². The molecule has 1 N–H and O–H groups in total. The van der Waals surface area contributed by atoms with Crippen molar-refractivity contribution in [3.05, 3.63) is 23.8 Å². The van der Waals surface area contributed by atoms with Gasteiger partial charge >= 0.3 is 0 Å². The summed E-state index contributed by atoms with van der Waals surface area (Å²) in [6.07, 6.45) is 8.66. The van der Waals surface area contributed by atoms with Crippen LogP contribution in [-0.4, -0.2) is 41.5 Å². The Bertz CT molecular complexity index is 414. The average Bonchev–Trinajstić information content (AvgIpc) is 2.49. The number of rotatable bonds is 2. The fourth-order valence-corrected chi connectivity index (χ4v) is 3.27. The van der Waals surface area contributed by atoms with Gasteiger partial charge in [0.15, 0.2) is 0 Å². The molecule has 0 aromatic carbocycles. The highest BCUT2D eigenvalue weighted by Crippen LogP contribution is 2.31. The highest BCUT2D eigenvalue weighted by Gasteiger charge is 2.24. The summed E-state index contributed by atoms with van der Waals surface area (Å²) >= 11 is 0. The van der Waals surface area contributed by atoms with Crippen LogP contribution in [0.1, 0.15) is 55.6 Å². The van der Waals surface area contributed by atoms with Crippen molar-refractivity contribution in [3.8, 4) is 0 Å². The van der Waals surface area contributed by atoms with Gasteiger partial charge in [0.05, 0.1) is 6.04 Å². The van der Waals surface area contributed by atoms with Gasteiger partial charge in [-0.2, -0.15) is 0 Å². The van der Waals surface area contributed by atoms with Crippen LogP contribution in [0.15, 0.2) is 12.3 Å². The zero-order chi connectivity index (χ0) is 13.1. The first kappa shape index (κ1) is 13.0. The predicted octanol–water partition coefficient (Wildman–Crippen LogP) is 2.10. The van der Waals surface area contributed by atoms with Crippen LogP contribution >= 0.6 is 0 Å². The lowest BCUT2D eigenvalue weighted by Gasteiger charge is -2.32. The molecule has 2 heterocycles. The first-order valence-corrected chi connectivity index (χ1v) is 7.58. The maximum absolute atomic E-state index is 4.88. The Kier molecular flexibility index (Phi) is 4.09. The van der Waals surface area contributed by atoms with Crippen LogP contribution in [0, 0.1) is 0 Å². The molecule has 0 spiro atoms. The molecule has 19 heavy (non-hydrogen) atoms. The zero-order valence-electron chi connectivity index (χ0n) is 11.8. The molecule has 104 valence electrons. The molecule has 0 radical (unpaired) electrons. The van der Waals surface area contributed by atoms with E-state index in [-0.39, 0.29) is 0 Å². The number of aromatic nitrogens is 2. The van der Waals surface area contributed by atoms with Crippen LogP contribution in [0.4, 0.5) is 0 Å². The number of piperazine rings is 1. The molecular weight excluding hydrogens is 236 g/mol. The van der Waals surface area contributed by atoms with Crippen LogP contribution < -0.4 is 5.32 Å². The van der Waals surface area contributed by atoms with Crippen molar-refractivity contribution in [1.29, 1.82) is 0 Å². The monoisotopic (exact) mass is 260 g/mol. The minimum absolute atomic E-state index is 0.331. The van der Waals surface area contributed by atoms with Crippen LogP contribution in [0.2, 0.25) is 0 Å². The average molecular weight is 260 g/mol. The first-order valence-electron chi connectivity index (χ1n) is 7.58. The molecule has 1 saturated heterocycles. The Labute approximate surface area is 115 Å². The number of hydrogen-bond acceptors (Lipinski definition) is 4. The van der Waals surface area contributed by atoms with Gasteiger partial charge in [0.1, 0.15) is 5.82 Å². The highest BCUT2D eigenvalue weighted by atomic mass is 15.2. The summed E-state index contributed by atoms with van der Waals surface area (Å²) in [5.41, 5.74) is 1.27. The number of hydrogen-bond donors (Lipinski definition) is 1. The molecule has 1 unspecified atom stereocenters. The molecular formula is C15H24N4. The highest BCUT2D eigenvalue weighted by molar-refractivity contribution is 5.11. The van der Waals surface area contributed by atoms with E-state index in [1.807, 2.05) is 6.20 Å². The summed E-state index contributed by atoms with van der Waals surface area (Å²) in [6, 6.07) is 2.45. The number of likely N-dealkylation sites (N-methyl/N-ethyl adjacent to an activating group) is 1. The third-order valence-electron chi connectivity index (χ3n) is 4.53. The van der Waals surface area contributed by atoms with Gasteiger partial charge in [0.25, 0.3) is 0 Å². The minimum Gasteiger partial charge on any atom is -0.313 e. The van der Waals surface area contributed by atoms with Crippen molar-refractivity contribution in [1.82, 2.24) is 20.2 Å². The molecule has 2 fully saturated rings. The standard InChI is InChI=1S/C15H24N4/c1-19-10-9-16-11-14(19)15-17-8-7-13(18-15)12-5-3-2-4-6-12/h7-8,12,14,16H,2-6,9-11H2,1H3. The Morgan fingerprint density at radius 2 is 2.11 bits per heavy atom. The van der Waals surface area contributed by atoms with Gasteiger partial charge in [0.2, 0.25) is 0 Å². The van der Waals surface area contributed by atoms with E-state index in [1.54, 1.807) is 0 Å². The van der Waals surface area contributed by atoms with E-state index in [4.69, 9.17) is 4.98 Å². The van der Waals surface area contributed by atoms with Gasteiger partial charge in [-0.1, -0.05) is 19.3 Å². The van der Waals surface area contributed by atoms with Gasteiger partial charge in [-0.05, 0) is 26.0 Å². The fraction of sp³-hybridized carbons (Fsp3) is 0.733. The fourth-order valence-electron chi connectivity index (χ4n) is 3.27. The third-order valence-corrected chi connectivity index (χ3v) is 4.53. The Balaban J connectivity index is 1.78. The van der Waals surface area contributed by atoms with E-state index in [1.165, 1.54) is 37.8 Å². The molecule has 1 aromatic rings. The van der Waals surface area contributed by atoms with Gasteiger partial charge < -0.3 is 5.32 Å². The van der Waals surface area contributed by atoms with E-state index in [0.29, 0.717) is 12.0 Å². The molecule has 0 bridgehead atoms. The second-order valence-corrected chi connectivity index (χ2v) is 5.88. The normalized spacial score (nSPS) is 26.5. The van der Waals surface area contributed by atoms with Gasteiger partial charge in [-0.25, -0.2) is 9.97 Å². The van der Waals surface area contributed by atoms with Crippen molar-refractivity contribution in [2.24, 2.45) is 0 Å². The van der Waals surface area contributed by atoms with Crippen LogP contribution in [-0.2, 0) is 0 Å². The minimum atomic E-state index is 0.331. The quantitative estimate of drug-likeness (QED) is 0.884. The Hall–Kier alpha value is -1.00. The molecule has 0 amide bonds. The molecule has 4 heteroatoms. The summed E-state index contributed by atoms with van der Waals surface area (Å²) in [5.74, 6) is 1.66. The van der Waals surface area contributed by atoms with Crippen molar-refractivity contribution in [3.63, 3.8) is 0 Å². The van der Waals surface area contributed by atoms with Crippen molar-refractivity contribution >= 4 is 0 Å². The van der Waals surface area contributed by atoms with Crippen molar-refractivity contribution in [2.75, 3.05) is 26.7 Å². The van der Waals surface area contributed by atoms with E-state index in [9.17, 15) is 0 Å². The van der Waals surface area contributed by atoms with Crippen LogP contribution in [0.5, 0.6) is 0 Å². The Morgan fingerprint density at radius 1 is 1.26 bits per heavy atom. The number of nitrogens with zero attached hydrogens (tertiary/aromatic N) is 3. The molecule has 3 rings (SSSR count). The largest absolute Gasteiger partial charge is 0.313 e. The third kappa shape index (κ3) is 2.95. The topological polar surface area (TPSA) is 41.0 Å². The maximum atomic E-state index is 4.88. The molecule has 1 aliphatic carbocycles. The van der Waals surface area contributed by atoms with Crippen LogP contribution in [0.3, 0.4) is 0 Å². The van der Waals surface area contributed by atoms with Crippen molar-refractivity contribution < 1.29 is 0 Å². The summed E-state index contributed by atoms with van der Waals surface area (Å²) in [4.78, 5) is 11.8. The summed E-state index contributed by atoms with van der Waals surface area (Å²) in [5, 5.41) is 3.44. The molecule has 1 aliphatic heterocycles. The smallest absolute Gasteiger partial charge is 0.146 e. The second-order valence-electron chi connectivity index (χ2n) is 5.88. The lowest BCUT2D eigenvalue weighted by molar-refractivity contribution is 0.193. The van der Waals surface area contributed by atoms with Crippen LogP contribution in [0.25, 0.3) is 0 Å². The number of nitrogens with one attached hydrogen (secondary N) is 1. The SMILES string of the molecule is CN1CCNCC1c1nccc(C2CCCCC2)n1. The summed E-state index contributed by atoms with van der Waals surface area (Å²) in [7, 11) is 2.17. The zero-order valence-corrected chi connectivity index (χ0v) is 11.8. The molecule has 1 saturated carbocycles. The predicted molar refractivity (Wildman–Crippen MR) is 76.1 cm³/mol. The lowest BCUT2D eigenvalue weighted by Crippen LogP contribution is -2.44. The van der Waals surface area contributed by atoms with Gasteiger partial charge in [-0.15, -0.1) is 0 Å². The maximum Gasteiger partial charge on any atom is 0.146 e. The van der Waals surface area contributed by atoms with Gasteiger partial charge in [0, 0.05) is 37.4 Å². The lowest BCUT2D eigenvalue weighted by atomic mass is 9.87. The molecule has 4 nitrogen and oxygen atoms in total. The summed E-state index contributed by atoms with van der Waals surface area (Å²) < 4.78 is 0. The molecule has 1 aromatic heterocycles. The first-order chi connectivity index (χ1) is 9.34. The van der Waals surface area contributed by atoms with Crippen molar-refractivity contribution in [2.45, 2.75) is 44.1 Å².